The molecule has 1 rings (SSSR count). The summed E-state index contributed by atoms with van der Waals surface area (Å²) in [6, 6.07) is 0. The molecule has 0 radical (unpaired) electrons. The second-order valence-electron chi connectivity index (χ2n) is 4.59. The van der Waals surface area contributed by atoms with Gasteiger partial charge in [-0.05, 0) is 33.1 Å². The quantitative estimate of drug-likeness (QED) is 0.276. The number of carbonyl (C=O) groups excluding carboxylic acids is 1. The van der Waals surface area contributed by atoms with Gasteiger partial charge in [0.15, 0.2) is 0 Å². The van der Waals surface area contributed by atoms with E-state index >= 15 is 0 Å². The third kappa shape index (κ3) is 5.91. The van der Waals surface area contributed by atoms with Crippen molar-refractivity contribution in [3.05, 3.63) is 12.2 Å². The van der Waals surface area contributed by atoms with Crippen molar-refractivity contribution in [2.24, 2.45) is 0 Å². The first-order valence-electron chi connectivity index (χ1n) is 6.07. The smallest absolute Gasteiger partial charge is 0.333 e. The van der Waals surface area contributed by atoms with Crippen molar-refractivity contribution in [2.75, 3.05) is 6.61 Å². The standard InChI is InChI=1S/C13H22O3/c1-10(2)13(14)16-11(3)7-5-4-6-8-12-9-15-12/h11-12H,1,4-9H2,2-3H3. The third-order valence-electron chi connectivity index (χ3n) is 2.70. The molecule has 2 unspecified atom stereocenters. The van der Waals surface area contributed by atoms with E-state index in [2.05, 4.69) is 6.58 Å². The summed E-state index contributed by atoms with van der Waals surface area (Å²) >= 11 is 0. The maximum absolute atomic E-state index is 11.2. The van der Waals surface area contributed by atoms with Gasteiger partial charge in [0.05, 0.1) is 18.8 Å². The lowest BCUT2D eigenvalue weighted by atomic mass is 10.1. The predicted molar refractivity (Wildman–Crippen MR) is 63.2 cm³/mol. The van der Waals surface area contributed by atoms with Gasteiger partial charge in [0.1, 0.15) is 0 Å². The Morgan fingerprint density at radius 1 is 1.50 bits per heavy atom. The van der Waals surface area contributed by atoms with Crippen molar-refractivity contribution in [3.8, 4) is 0 Å². The van der Waals surface area contributed by atoms with Crippen LogP contribution in [0.4, 0.5) is 0 Å². The largest absolute Gasteiger partial charge is 0.459 e. The lowest BCUT2D eigenvalue weighted by Crippen LogP contribution is -2.15. The third-order valence-corrected chi connectivity index (χ3v) is 2.70. The highest BCUT2D eigenvalue weighted by Gasteiger charge is 2.21. The highest BCUT2D eigenvalue weighted by molar-refractivity contribution is 5.87. The van der Waals surface area contributed by atoms with Crippen LogP contribution >= 0.6 is 0 Å². The molecule has 2 atom stereocenters. The van der Waals surface area contributed by atoms with Crippen LogP contribution in [-0.4, -0.2) is 24.8 Å². The molecule has 0 spiro atoms. The molecule has 1 aliphatic heterocycles. The Morgan fingerprint density at radius 3 is 2.75 bits per heavy atom. The van der Waals surface area contributed by atoms with Gasteiger partial charge >= 0.3 is 5.97 Å². The first kappa shape index (κ1) is 13.2. The number of carbonyl (C=O) groups is 1. The van der Waals surface area contributed by atoms with Crippen molar-refractivity contribution in [1.29, 1.82) is 0 Å². The minimum atomic E-state index is -0.279. The van der Waals surface area contributed by atoms with Crippen molar-refractivity contribution in [1.82, 2.24) is 0 Å². The highest BCUT2D eigenvalue weighted by Crippen LogP contribution is 2.18. The molecule has 0 amide bonds. The molecule has 0 aromatic carbocycles. The fourth-order valence-corrected chi connectivity index (χ4v) is 1.56. The van der Waals surface area contributed by atoms with E-state index in [0.29, 0.717) is 11.7 Å². The molecule has 1 aliphatic rings. The summed E-state index contributed by atoms with van der Waals surface area (Å²) in [5.41, 5.74) is 0.470. The number of ether oxygens (including phenoxy) is 2. The fourth-order valence-electron chi connectivity index (χ4n) is 1.56. The Labute approximate surface area is 97.8 Å². The summed E-state index contributed by atoms with van der Waals surface area (Å²) < 4.78 is 10.3. The van der Waals surface area contributed by atoms with E-state index in [-0.39, 0.29) is 12.1 Å². The van der Waals surface area contributed by atoms with Gasteiger partial charge in [0, 0.05) is 5.57 Å². The van der Waals surface area contributed by atoms with E-state index in [1.54, 1.807) is 6.92 Å². The first-order chi connectivity index (χ1) is 7.59. The van der Waals surface area contributed by atoms with Gasteiger partial charge in [0.2, 0.25) is 0 Å². The van der Waals surface area contributed by atoms with Gasteiger partial charge in [-0.15, -0.1) is 0 Å². The number of hydrogen-bond donors (Lipinski definition) is 0. The Morgan fingerprint density at radius 2 is 2.19 bits per heavy atom. The van der Waals surface area contributed by atoms with Crippen LogP contribution in [0.3, 0.4) is 0 Å². The van der Waals surface area contributed by atoms with Crippen LogP contribution in [0.2, 0.25) is 0 Å². The average molecular weight is 226 g/mol. The SMILES string of the molecule is C=C(C)C(=O)OC(C)CCCCCC1CO1. The highest BCUT2D eigenvalue weighted by atomic mass is 16.6. The topological polar surface area (TPSA) is 38.8 Å². The van der Waals surface area contributed by atoms with Gasteiger partial charge in [-0.1, -0.05) is 19.4 Å². The second-order valence-corrected chi connectivity index (χ2v) is 4.59. The van der Waals surface area contributed by atoms with E-state index in [1.807, 2.05) is 6.92 Å². The molecule has 0 aliphatic carbocycles. The molecule has 0 saturated carbocycles. The first-order valence-corrected chi connectivity index (χ1v) is 6.07. The van der Waals surface area contributed by atoms with Crippen LogP contribution in [0, 0.1) is 0 Å². The van der Waals surface area contributed by atoms with Crippen LogP contribution in [0.15, 0.2) is 12.2 Å². The molecule has 0 aromatic heterocycles. The molecular formula is C13H22O3. The summed E-state index contributed by atoms with van der Waals surface area (Å²) in [6.45, 7) is 8.11. The van der Waals surface area contributed by atoms with Gasteiger partial charge in [-0.2, -0.15) is 0 Å². The molecule has 1 fully saturated rings. The summed E-state index contributed by atoms with van der Waals surface area (Å²) in [7, 11) is 0. The van der Waals surface area contributed by atoms with Crippen LogP contribution in [0.25, 0.3) is 0 Å². The zero-order chi connectivity index (χ0) is 12.0. The van der Waals surface area contributed by atoms with Crippen LogP contribution < -0.4 is 0 Å². The lowest BCUT2D eigenvalue weighted by Gasteiger charge is -2.12. The van der Waals surface area contributed by atoms with E-state index in [4.69, 9.17) is 9.47 Å². The van der Waals surface area contributed by atoms with Crippen molar-refractivity contribution in [3.63, 3.8) is 0 Å². The van der Waals surface area contributed by atoms with Gasteiger partial charge in [-0.25, -0.2) is 4.79 Å². The van der Waals surface area contributed by atoms with Gasteiger partial charge in [0.25, 0.3) is 0 Å². The second kappa shape index (κ2) is 6.69. The molecule has 0 bridgehead atoms. The summed E-state index contributed by atoms with van der Waals surface area (Å²) in [5, 5.41) is 0. The summed E-state index contributed by atoms with van der Waals surface area (Å²) in [6.07, 6.45) is 6.17. The Balaban J connectivity index is 1.94. The Bertz CT molecular complexity index is 244. The molecule has 16 heavy (non-hydrogen) atoms. The van der Waals surface area contributed by atoms with Crippen molar-refractivity contribution < 1.29 is 14.3 Å². The van der Waals surface area contributed by atoms with Crippen molar-refractivity contribution >= 4 is 5.97 Å². The predicted octanol–water partition coefficient (Wildman–Crippen LogP) is 2.84. The number of rotatable bonds is 8. The number of hydrogen-bond acceptors (Lipinski definition) is 3. The van der Waals surface area contributed by atoms with Crippen LogP contribution in [-0.2, 0) is 14.3 Å². The molecule has 1 saturated heterocycles. The van der Waals surface area contributed by atoms with E-state index in [1.165, 1.54) is 19.3 Å². The molecule has 0 N–H and O–H groups in total. The van der Waals surface area contributed by atoms with Gasteiger partial charge < -0.3 is 9.47 Å². The maximum Gasteiger partial charge on any atom is 0.333 e. The average Bonchev–Trinajstić information content (AvgIpc) is 3.00. The number of epoxide rings is 1. The lowest BCUT2D eigenvalue weighted by molar-refractivity contribution is -0.143. The Hall–Kier alpha value is -0.830. The van der Waals surface area contributed by atoms with E-state index < -0.39 is 0 Å². The van der Waals surface area contributed by atoms with E-state index in [9.17, 15) is 4.79 Å². The summed E-state index contributed by atoms with van der Waals surface area (Å²) in [5.74, 6) is -0.279. The fraction of sp³-hybridized carbons (Fsp3) is 0.769. The van der Waals surface area contributed by atoms with Crippen LogP contribution in [0.1, 0.15) is 46.0 Å². The molecule has 3 nitrogen and oxygen atoms in total. The molecule has 92 valence electrons. The zero-order valence-electron chi connectivity index (χ0n) is 10.3. The number of unbranched alkanes of at least 4 members (excludes halogenated alkanes) is 2. The zero-order valence-corrected chi connectivity index (χ0v) is 10.3. The Kier molecular flexibility index (Phi) is 5.53. The molecule has 0 aromatic rings. The van der Waals surface area contributed by atoms with Gasteiger partial charge in [-0.3, -0.25) is 0 Å². The monoisotopic (exact) mass is 226 g/mol. The molecule has 1 heterocycles. The molecule has 3 heteroatoms. The van der Waals surface area contributed by atoms with E-state index in [0.717, 1.165) is 19.4 Å². The van der Waals surface area contributed by atoms with Crippen molar-refractivity contribution in [2.45, 2.75) is 58.2 Å². The normalized spacial score (nSPS) is 20.2. The minimum Gasteiger partial charge on any atom is -0.459 e. The maximum atomic E-state index is 11.2. The summed E-state index contributed by atoms with van der Waals surface area (Å²) in [4.78, 5) is 11.2. The minimum absolute atomic E-state index is 0.00127. The number of esters is 1. The molecular weight excluding hydrogens is 204 g/mol. The van der Waals surface area contributed by atoms with Crippen LogP contribution in [0.5, 0.6) is 0 Å².